The first kappa shape index (κ1) is 13.4. The fourth-order valence-corrected chi connectivity index (χ4v) is 1.39. The molecule has 0 saturated carbocycles. The number of ether oxygens (including phenoxy) is 1. The molecule has 1 aromatic rings. The van der Waals surface area contributed by atoms with E-state index in [4.69, 9.17) is 0 Å². The molecule has 0 radical (unpaired) electrons. The molecular weight excluding hydrogens is 294 g/mol. The van der Waals surface area contributed by atoms with Gasteiger partial charge >= 0.3 is 11.7 Å². The number of hydrogen-bond acceptors (Lipinski definition) is 5. The van der Waals surface area contributed by atoms with E-state index in [1.54, 1.807) is 6.08 Å². The first-order chi connectivity index (χ1) is 8.10. The van der Waals surface area contributed by atoms with Crippen molar-refractivity contribution >= 4 is 27.6 Å². The summed E-state index contributed by atoms with van der Waals surface area (Å²) in [6, 6.07) is 0. The second-order valence-corrected chi connectivity index (χ2v) is 3.61. The molecule has 1 heterocycles. The lowest BCUT2D eigenvalue weighted by Gasteiger charge is -1.93. The van der Waals surface area contributed by atoms with E-state index in [-0.39, 0.29) is 11.4 Å². The molecule has 8 heteroatoms. The number of carbonyl (C=O) groups is 1. The Hall–Kier alpha value is -1.70. The zero-order chi connectivity index (χ0) is 12.8. The quantitative estimate of drug-likeness (QED) is 0.271. The molecule has 1 rings (SSSR count). The first-order valence-corrected chi connectivity index (χ1v) is 5.73. The molecule has 0 N–H and O–H groups in total. The van der Waals surface area contributed by atoms with Crippen LogP contribution in [0.1, 0.15) is 10.5 Å². The average Bonchev–Trinajstić information content (AvgIpc) is 2.73. The summed E-state index contributed by atoms with van der Waals surface area (Å²) in [6.07, 6.45) is 4.79. The zero-order valence-electron chi connectivity index (χ0n) is 9.00. The van der Waals surface area contributed by atoms with Crippen LogP contribution in [0.5, 0.6) is 0 Å². The summed E-state index contributed by atoms with van der Waals surface area (Å²) < 4.78 is 5.73. The summed E-state index contributed by atoms with van der Waals surface area (Å²) in [5.74, 6) is -0.820. The molecule has 0 spiro atoms. The third-order valence-electron chi connectivity index (χ3n) is 1.87. The number of esters is 1. The highest BCUT2D eigenvalue weighted by molar-refractivity contribution is 9.09. The molecule has 0 amide bonds. The van der Waals surface area contributed by atoms with E-state index < -0.39 is 10.9 Å². The number of allylic oxidation sites excluding steroid dienone is 2. The highest BCUT2D eigenvalue weighted by atomic mass is 79.9. The Bertz CT molecular complexity index is 455. The minimum atomic E-state index is -0.820. The van der Waals surface area contributed by atoms with Crippen LogP contribution >= 0.6 is 15.9 Å². The predicted molar refractivity (Wildman–Crippen MR) is 63.2 cm³/mol. The van der Waals surface area contributed by atoms with Gasteiger partial charge in [0.15, 0.2) is 0 Å². The number of nitrogens with zero attached hydrogens (tertiary/aromatic N) is 3. The lowest BCUT2D eigenvalue weighted by molar-refractivity contribution is -0.385. The summed E-state index contributed by atoms with van der Waals surface area (Å²) in [5, 5.41) is 15.2. The van der Waals surface area contributed by atoms with Gasteiger partial charge in [-0.2, -0.15) is 5.10 Å². The number of aromatic nitrogens is 2. The summed E-state index contributed by atoms with van der Waals surface area (Å²) in [7, 11) is 1.15. The fraction of sp³-hybridized carbons (Fsp3) is 0.333. The van der Waals surface area contributed by atoms with Crippen LogP contribution in [0.25, 0.3) is 0 Å². The third-order valence-corrected chi connectivity index (χ3v) is 2.24. The lowest BCUT2D eigenvalue weighted by atomic mass is 10.4. The molecule has 0 aliphatic carbocycles. The normalized spacial score (nSPS) is 10.7. The topological polar surface area (TPSA) is 87.3 Å². The van der Waals surface area contributed by atoms with Crippen molar-refractivity contribution in [1.29, 1.82) is 0 Å². The number of rotatable bonds is 5. The van der Waals surface area contributed by atoms with Crippen LogP contribution in [-0.4, -0.2) is 33.1 Å². The monoisotopic (exact) mass is 303 g/mol. The van der Waals surface area contributed by atoms with E-state index in [0.29, 0.717) is 11.9 Å². The largest absolute Gasteiger partial charge is 0.464 e. The van der Waals surface area contributed by atoms with E-state index in [2.05, 4.69) is 25.8 Å². The van der Waals surface area contributed by atoms with Crippen LogP contribution in [-0.2, 0) is 11.3 Å². The van der Waals surface area contributed by atoms with Crippen molar-refractivity contribution in [3.8, 4) is 0 Å². The van der Waals surface area contributed by atoms with Crippen molar-refractivity contribution in [2.75, 3.05) is 12.4 Å². The second kappa shape index (κ2) is 6.14. The van der Waals surface area contributed by atoms with E-state index in [1.807, 2.05) is 6.08 Å². The minimum absolute atomic E-state index is 0.287. The SMILES string of the molecule is COC(=O)c1nn(C/C=C/CBr)cc1[N+](=O)[O-]. The molecule has 1 aromatic heterocycles. The Labute approximate surface area is 105 Å². The Kier molecular flexibility index (Phi) is 4.83. The molecule has 17 heavy (non-hydrogen) atoms. The molecule has 0 saturated heterocycles. The summed E-state index contributed by atoms with van der Waals surface area (Å²) in [6.45, 7) is 0.351. The number of alkyl halides is 1. The van der Waals surface area contributed by atoms with Crippen molar-refractivity contribution < 1.29 is 14.5 Å². The fourth-order valence-electron chi connectivity index (χ4n) is 1.13. The highest BCUT2D eigenvalue weighted by Gasteiger charge is 2.25. The van der Waals surface area contributed by atoms with Crippen molar-refractivity contribution in [1.82, 2.24) is 9.78 Å². The maximum Gasteiger partial charge on any atom is 0.365 e. The van der Waals surface area contributed by atoms with Gasteiger partial charge in [-0.1, -0.05) is 28.1 Å². The van der Waals surface area contributed by atoms with E-state index >= 15 is 0 Å². The van der Waals surface area contributed by atoms with E-state index in [9.17, 15) is 14.9 Å². The summed E-state index contributed by atoms with van der Waals surface area (Å²) in [4.78, 5) is 21.3. The number of carbonyl (C=O) groups excluding carboxylic acids is 1. The van der Waals surface area contributed by atoms with E-state index in [0.717, 1.165) is 7.11 Å². The molecular formula is C9H10BrN3O4. The molecule has 0 aliphatic heterocycles. The Morgan fingerprint density at radius 3 is 2.94 bits per heavy atom. The molecule has 7 nitrogen and oxygen atoms in total. The highest BCUT2D eigenvalue weighted by Crippen LogP contribution is 2.17. The average molecular weight is 304 g/mol. The van der Waals surface area contributed by atoms with Crippen molar-refractivity contribution in [3.05, 3.63) is 34.2 Å². The first-order valence-electron chi connectivity index (χ1n) is 4.61. The molecule has 0 aromatic carbocycles. The minimum Gasteiger partial charge on any atom is -0.464 e. The van der Waals surface area contributed by atoms with E-state index in [1.165, 1.54) is 10.9 Å². The van der Waals surface area contributed by atoms with Gasteiger partial charge in [0.2, 0.25) is 5.69 Å². The smallest absolute Gasteiger partial charge is 0.365 e. The number of nitro groups is 1. The number of methoxy groups -OCH3 is 1. The predicted octanol–water partition coefficient (Wildman–Crippen LogP) is 1.53. The van der Waals surface area contributed by atoms with Crippen LogP contribution in [0.15, 0.2) is 18.3 Å². The van der Waals surface area contributed by atoms with Crippen molar-refractivity contribution in [2.24, 2.45) is 0 Å². The van der Waals surface area contributed by atoms with Crippen LogP contribution < -0.4 is 0 Å². The Morgan fingerprint density at radius 2 is 2.41 bits per heavy atom. The molecule has 0 bridgehead atoms. The third kappa shape index (κ3) is 3.38. The molecule has 0 fully saturated rings. The van der Waals surface area contributed by atoms with Gasteiger partial charge in [-0.3, -0.25) is 14.8 Å². The maximum absolute atomic E-state index is 11.3. The van der Waals surface area contributed by atoms with Crippen molar-refractivity contribution in [3.63, 3.8) is 0 Å². The number of hydrogen-bond donors (Lipinski definition) is 0. The van der Waals surface area contributed by atoms with Gasteiger partial charge < -0.3 is 4.74 Å². The van der Waals surface area contributed by atoms with Gasteiger partial charge in [-0.05, 0) is 0 Å². The maximum atomic E-state index is 11.3. The van der Waals surface area contributed by atoms with Gasteiger partial charge in [0.1, 0.15) is 6.20 Å². The number of halogens is 1. The molecule has 0 aliphatic rings. The van der Waals surface area contributed by atoms with Crippen molar-refractivity contribution in [2.45, 2.75) is 6.54 Å². The standard InChI is InChI=1S/C9H10BrN3O4/c1-17-9(14)8-7(13(15)16)6-12(11-8)5-3-2-4-10/h2-3,6H,4-5H2,1H3/b3-2+. The second-order valence-electron chi connectivity index (χ2n) is 2.96. The summed E-state index contributed by atoms with van der Waals surface area (Å²) >= 11 is 3.20. The van der Waals surface area contributed by atoms with Crippen LogP contribution in [0, 0.1) is 10.1 Å². The van der Waals surface area contributed by atoms with Gasteiger partial charge in [0.05, 0.1) is 18.6 Å². The Balaban J connectivity index is 2.99. The lowest BCUT2D eigenvalue weighted by Crippen LogP contribution is -2.06. The van der Waals surface area contributed by atoms with Gasteiger partial charge in [0.25, 0.3) is 0 Å². The molecule has 92 valence electrons. The zero-order valence-corrected chi connectivity index (χ0v) is 10.6. The molecule has 0 atom stereocenters. The van der Waals surface area contributed by atoms with Crippen LogP contribution in [0.4, 0.5) is 5.69 Å². The van der Waals surface area contributed by atoms with Gasteiger partial charge in [0, 0.05) is 5.33 Å². The molecule has 0 unspecified atom stereocenters. The Morgan fingerprint density at radius 1 is 1.71 bits per heavy atom. The summed E-state index contributed by atoms with van der Waals surface area (Å²) in [5.41, 5.74) is -0.645. The van der Waals surface area contributed by atoms with Gasteiger partial charge in [-0.15, -0.1) is 0 Å². The van der Waals surface area contributed by atoms with Gasteiger partial charge in [-0.25, -0.2) is 4.79 Å². The van der Waals surface area contributed by atoms with Crippen LogP contribution in [0.3, 0.4) is 0 Å². The van der Waals surface area contributed by atoms with Crippen LogP contribution in [0.2, 0.25) is 0 Å².